The molecule has 1 atom stereocenters. The molecule has 0 radical (unpaired) electrons. The molecule has 1 aromatic carbocycles. The molecule has 0 amide bonds. The van der Waals surface area contributed by atoms with Gasteiger partial charge in [-0.3, -0.25) is 0 Å². The van der Waals surface area contributed by atoms with Gasteiger partial charge in [0.1, 0.15) is 0 Å². The number of aromatic nitrogens is 3. The third-order valence-corrected chi connectivity index (χ3v) is 5.65. The molecule has 1 heterocycles. The number of nitrogens with zero attached hydrogens (tertiary/aromatic N) is 4. The van der Waals surface area contributed by atoms with Gasteiger partial charge in [0, 0.05) is 38.2 Å². The van der Waals surface area contributed by atoms with Crippen LogP contribution in [0.3, 0.4) is 0 Å². The van der Waals surface area contributed by atoms with E-state index in [4.69, 9.17) is 4.74 Å². The van der Waals surface area contributed by atoms with Crippen LogP contribution in [0.1, 0.15) is 30.9 Å². The number of hydrogen-bond acceptors (Lipinski definition) is 7. The van der Waals surface area contributed by atoms with Crippen molar-refractivity contribution in [3.63, 3.8) is 0 Å². The van der Waals surface area contributed by atoms with Crippen molar-refractivity contribution in [3.8, 4) is 6.01 Å². The molecule has 1 unspecified atom stereocenters. The molecule has 2 N–H and O–H groups in total. The lowest BCUT2D eigenvalue weighted by molar-refractivity contribution is -0.154. The first-order valence-corrected chi connectivity index (χ1v) is 12.4. The van der Waals surface area contributed by atoms with Gasteiger partial charge in [0.2, 0.25) is 11.9 Å². The van der Waals surface area contributed by atoms with E-state index in [2.05, 4.69) is 25.6 Å². The number of allylic oxidation sites excluding steroid dienone is 2. The Morgan fingerprint density at radius 1 is 0.976 bits per heavy atom. The van der Waals surface area contributed by atoms with Crippen LogP contribution in [0.2, 0.25) is 0 Å². The Morgan fingerprint density at radius 3 is 2.39 bits per heavy atom. The van der Waals surface area contributed by atoms with Crippen LogP contribution in [-0.2, 0) is 12.7 Å². The minimum absolute atomic E-state index is 0.0891. The predicted octanol–water partition coefficient (Wildman–Crippen LogP) is 6.07. The third-order valence-electron chi connectivity index (χ3n) is 5.65. The number of halogens is 9. The molecule has 0 saturated heterocycles. The van der Waals surface area contributed by atoms with Crippen LogP contribution < -0.4 is 20.3 Å². The molecular formula is C25H27F9N6O. The maximum absolute atomic E-state index is 13.2. The highest BCUT2D eigenvalue weighted by Gasteiger charge is 2.35. The highest BCUT2D eigenvalue weighted by Crippen LogP contribution is 2.32. The highest BCUT2D eigenvalue weighted by atomic mass is 19.4. The van der Waals surface area contributed by atoms with Gasteiger partial charge in [-0.05, 0) is 18.1 Å². The van der Waals surface area contributed by atoms with Crippen LogP contribution in [0, 0.1) is 0 Å². The van der Waals surface area contributed by atoms with Gasteiger partial charge in [0.05, 0.1) is 11.6 Å². The topological polar surface area (TPSA) is 75.2 Å². The van der Waals surface area contributed by atoms with Crippen molar-refractivity contribution in [2.45, 2.75) is 50.9 Å². The molecule has 1 aromatic heterocycles. The Morgan fingerprint density at radius 2 is 1.73 bits per heavy atom. The van der Waals surface area contributed by atoms with Crippen LogP contribution in [0.15, 0.2) is 48.1 Å². The van der Waals surface area contributed by atoms with Gasteiger partial charge in [-0.2, -0.15) is 54.5 Å². The van der Waals surface area contributed by atoms with Crippen LogP contribution in [0.4, 0.5) is 51.4 Å². The summed E-state index contributed by atoms with van der Waals surface area (Å²) in [4.78, 5) is 13.5. The second-order valence-electron chi connectivity index (χ2n) is 9.04. The molecule has 0 bridgehead atoms. The van der Waals surface area contributed by atoms with Gasteiger partial charge in [0.15, 0.2) is 6.61 Å². The Bertz CT molecular complexity index is 1210. The molecule has 0 spiro atoms. The molecule has 1 aliphatic carbocycles. The zero-order valence-corrected chi connectivity index (χ0v) is 21.7. The van der Waals surface area contributed by atoms with E-state index in [0.717, 1.165) is 18.2 Å². The number of nitrogens with one attached hydrogen (secondary N) is 2. The largest absolute Gasteiger partial charge is 0.454 e. The predicted molar refractivity (Wildman–Crippen MR) is 132 cm³/mol. The van der Waals surface area contributed by atoms with E-state index in [-0.39, 0.29) is 31.5 Å². The van der Waals surface area contributed by atoms with Crippen molar-refractivity contribution in [2.75, 3.05) is 36.5 Å². The van der Waals surface area contributed by atoms with E-state index in [1.807, 2.05) is 6.92 Å². The molecule has 226 valence electrons. The normalized spacial score (nSPS) is 16.0. The van der Waals surface area contributed by atoms with E-state index >= 15 is 0 Å². The van der Waals surface area contributed by atoms with Gasteiger partial charge >= 0.3 is 24.5 Å². The van der Waals surface area contributed by atoms with E-state index < -0.39 is 54.7 Å². The fourth-order valence-electron chi connectivity index (χ4n) is 3.80. The summed E-state index contributed by atoms with van der Waals surface area (Å²) >= 11 is 0. The Kier molecular flexibility index (Phi) is 10.4. The minimum atomic E-state index is -4.70. The summed E-state index contributed by atoms with van der Waals surface area (Å²) in [6.45, 7) is 0.983. The van der Waals surface area contributed by atoms with E-state index in [0.29, 0.717) is 18.5 Å². The fourth-order valence-corrected chi connectivity index (χ4v) is 3.80. The molecule has 0 saturated carbocycles. The summed E-state index contributed by atoms with van der Waals surface area (Å²) < 4.78 is 121. The van der Waals surface area contributed by atoms with Crippen molar-refractivity contribution in [2.24, 2.45) is 0 Å². The monoisotopic (exact) mass is 598 g/mol. The molecule has 41 heavy (non-hydrogen) atoms. The van der Waals surface area contributed by atoms with Gasteiger partial charge in [-0.15, -0.1) is 0 Å². The second-order valence-corrected chi connectivity index (χ2v) is 9.04. The van der Waals surface area contributed by atoms with E-state index in [1.54, 1.807) is 4.90 Å². The average Bonchev–Trinajstić information content (AvgIpc) is 2.88. The van der Waals surface area contributed by atoms with Crippen molar-refractivity contribution in [3.05, 3.63) is 59.2 Å². The zero-order chi connectivity index (χ0) is 30.3. The Hall–Kier alpha value is -3.56. The smallest absolute Gasteiger partial charge is 0.422 e. The number of anilines is 2. The van der Waals surface area contributed by atoms with E-state index in [1.165, 1.54) is 24.3 Å². The summed E-state index contributed by atoms with van der Waals surface area (Å²) in [6.07, 6.45) is -10.1. The summed E-state index contributed by atoms with van der Waals surface area (Å²) in [7, 11) is 0. The standard InChI is InChI=1S/C25H27F9N6O/c1-2-10-40(11-9-35-14-16-5-3-6-17(12-16)24(29,30)31)21-37-20(38-22(39-21)41-15-23(26,27)28)36-19-8-4-7-18(13-19)25(32,33)34/h3-8,12,19,35H,2,9-11,13-15H2,1H3,(H,36,37,38,39). The highest BCUT2D eigenvalue weighted by molar-refractivity contribution is 5.41. The fraction of sp³-hybridized carbons (Fsp3) is 0.480. The molecule has 2 aromatic rings. The van der Waals surface area contributed by atoms with Gasteiger partial charge < -0.3 is 20.3 Å². The maximum atomic E-state index is 13.2. The lowest BCUT2D eigenvalue weighted by Gasteiger charge is -2.25. The van der Waals surface area contributed by atoms with Crippen LogP contribution in [-0.4, -0.2) is 59.6 Å². The number of hydrogen-bond donors (Lipinski definition) is 2. The first-order valence-electron chi connectivity index (χ1n) is 12.4. The van der Waals surface area contributed by atoms with Crippen molar-refractivity contribution in [1.29, 1.82) is 0 Å². The Balaban J connectivity index is 1.74. The summed E-state index contributed by atoms with van der Waals surface area (Å²) in [5.41, 5.74) is -1.20. The number of ether oxygens (including phenoxy) is 1. The van der Waals surface area contributed by atoms with Crippen molar-refractivity contribution < 1.29 is 44.3 Å². The van der Waals surface area contributed by atoms with Crippen LogP contribution >= 0.6 is 0 Å². The van der Waals surface area contributed by atoms with Crippen molar-refractivity contribution >= 4 is 11.9 Å². The van der Waals surface area contributed by atoms with Gasteiger partial charge in [-0.1, -0.05) is 43.4 Å². The average molecular weight is 599 g/mol. The zero-order valence-electron chi connectivity index (χ0n) is 21.7. The lowest BCUT2D eigenvalue weighted by atomic mass is 10.0. The SMILES string of the molecule is CCCN(CCNCc1cccc(C(F)(F)F)c1)c1nc(NC2C=CC=C(C(F)(F)F)C2)nc(OCC(F)(F)F)n1. The van der Waals surface area contributed by atoms with Gasteiger partial charge in [-0.25, -0.2) is 0 Å². The summed E-state index contributed by atoms with van der Waals surface area (Å²) in [5.74, 6) is -0.378. The van der Waals surface area contributed by atoms with Crippen LogP contribution in [0.25, 0.3) is 0 Å². The molecule has 3 rings (SSSR count). The summed E-state index contributed by atoms with van der Waals surface area (Å²) in [5, 5.41) is 5.68. The number of alkyl halides is 9. The quantitative estimate of drug-likeness (QED) is 0.227. The van der Waals surface area contributed by atoms with Crippen molar-refractivity contribution in [1.82, 2.24) is 20.3 Å². The maximum Gasteiger partial charge on any atom is 0.422 e. The first-order chi connectivity index (χ1) is 19.1. The lowest BCUT2D eigenvalue weighted by Crippen LogP contribution is -2.34. The molecular weight excluding hydrogens is 571 g/mol. The first kappa shape index (κ1) is 32.0. The molecule has 1 aliphatic rings. The molecule has 7 nitrogen and oxygen atoms in total. The van der Waals surface area contributed by atoms with Gasteiger partial charge in [0.25, 0.3) is 0 Å². The van der Waals surface area contributed by atoms with E-state index in [9.17, 15) is 39.5 Å². The Labute approximate surface area is 229 Å². The molecule has 0 fully saturated rings. The minimum Gasteiger partial charge on any atom is -0.454 e. The summed E-state index contributed by atoms with van der Waals surface area (Å²) in [6, 6.07) is 3.21. The third kappa shape index (κ3) is 10.4. The molecule has 16 heteroatoms. The number of rotatable bonds is 12. The second kappa shape index (κ2) is 13.4. The molecule has 0 aliphatic heterocycles. The van der Waals surface area contributed by atoms with Crippen LogP contribution in [0.5, 0.6) is 6.01 Å². The number of benzene rings is 1.